The van der Waals surface area contributed by atoms with Gasteiger partial charge in [-0.3, -0.25) is 0 Å². The fraction of sp³-hybridized carbons (Fsp3) is 0.111. The second-order valence-corrected chi connectivity index (χ2v) is 8.19. The molecular formula is C18H14N2OS3. The lowest BCUT2D eigenvalue weighted by molar-refractivity contribution is 0.416. The Morgan fingerprint density at radius 1 is 1.04 bits per heavy atom. The number of hydrogen-bond donors (Lipinski definition) is 0. The van der Waals surface area contributed by atoms with Crippen LogP contribution in [0.2, 0.25) is 0 Å². The molecule has 0 bridgehead atoms. The Morgan fingerprint density at radius 3 is 2.75 bits per heavy atom. The predicted octanol–water partition coefficient (Wildman–Crippen LogP) is 5.72. The molecule has 0 radical (unpaired) electrons. The lowest BCUT2D eigenvalue weighted by Gasteiger charge is -2.04. The maximum Gasteiger partial charge on any atom is 0.151 e. The molecule has 24 heavy (non-hydrogen) atoms. The molecule has 2 aromatic carbocycles. The monoisotopic (exact) mass is 370 g/mol. The second-order valence-electron chi connectivity index (χ2n) is 5.08. The summed E-state index contributed by atoms with van der Waals surface area (Å²) in [6, 6.07) is 16.2. The van der Waals surface area contributed by atoms with E-state index in [4.69, 9.17) is 9.72 Å². The number of aromatic nitrogens is 2. The highest BCUT2D eigenvalue weighted by Crippen LogP contribution is 2.35. The molecule has 0 aliphatic carbocycles. The summed E-state index contributed by atoms with van der Waals surface area (Å²) in [7, 11) is 1.69. The van der Waals surface area contributed by atoms with Crippen LogP contribution in [0.15, 0.2) is 58.3 Å². The molecule has 0 aliphatic heterocycles. The standard InChI is InChI=1S/C18H14N2OS3/c1-21-15-8-4-2-6-13(15)17-19-12(10-22-17)11-23-18-20-14-7-3-5-9-16(14)24-18/h2-10H,11H2,1H3. The number of thiazole rings is 2. The maximum atomic E-state index is 5.43. The fourth-order valence-corrected chi connectivity index (χ4v) is 5.28. The molecule has 0 spiro atoms. The zero-order chi connectivity index (χ0) is 16.4. The first-order valence-corrected chi connectivity index (χ1v) is 10.1. The van der Waals surface area contributed by atoms with Crippen molar-refractivity contribution in [3.63, 3.8) is 0 Å². The van der Waals surface area contributed by atoms with Gasteiger partial charge in [0.05, 0.1) is 28.6 Å². The van der Waals surface area contributed by atoms with Crippen molar-refractivity contribution in [2.75, 3.05) is 7.11 Å². The van der Waals surface area contributed by atoms with Gasteiger partial charge < -0.3 is 4.74 Å². The lowest BCUT2D eigenvalue weighted by atomic mass is 10.2. The molecule has 0 amide bonds. The third-order valence-corrected chi connectivity index (χ3v) is 6.64. The second kappa shape index (κ2) is 6.93. The van der Waals surface area contributed by atoms with Gasteiger partial charge in [-0.1, -0.05) is 36.0 Å². The number of hydrogen-bond acceptors (Lipinski definition) is 6. The minimum absolute atomic E-state index is 0.825. The van der Waals surface area contributed by atoms with Gasteiger partial charge in [-0.05, 0) is 24.3 Å². The average molecular weight is 371 g/mol. The quantitative estimate of drug-likeness (QED) is 0.421. The van der Waals surface area contributed by atoms with Crippen LogP contribution in [0.25, 0.3) is 20.8 Å². The highest BCUT2D eigenvalue weighted by Gasteiger charge is 2.11. The summed E-state index contributed by atoms with van der Waals surface area (Å²) in [4.78, 5) is 9.41. The topological polar surface area (TPSA) is 35.0 Å². The van der Waals surface area contributed by atoms with E-state index in [1.165, 1.54) is 4.70 Å². The zero-order valence-corrected chi connectivity index (χ0v) is 15.4. The van der Waals surface area contributed by atoms with E-state index in [0.717, 1.165) is 37.6 Å². The first-order valence-electron chi connectivity index (χ1n) is 7.39. The fourth-order valence-electron chi connectivity index (χ4n) is 2.37. The Labute approximate surface area is 152 Å². The van der Waals surface area contributed by atoms with Crippen LogP contribution < -0.4 is 4.74 Å². The molecule has 0 atom stereocenters. The summed E-state index contributed by atoms with van der Waals surface area (Å²) in [6.07, 6.45) is 0. The Bertz CT molecular complexity index is 944. The number of methoxy groups -OCH3 is 1. The molecule has 3 nitrogen and oxygen atoms in total. The van der Waals surface area contributed by atoms with Crippen molar-refractivity contribution >= 4 is 44.7 Å². The van der Waals surface area contributed by atoms with Crippen LogP contribution in [0.4, 0.5) is 0 Å². The van der Waals surface area contributed by atoms with E-state index in [1.807, 2.05) is 30.3 Å². The van der Waals surface area contributed by atoms with Crippen molar-refractivity contribution in [3.05, 3.63) is 59.6 Å². The van der Waals surface area contributed by atoms with E-state index in [2.05, 4.69) is 28.6 Å². The van der Waals surface area contributed by atoms with Gasteiger partial charge >= 0.3 is 0 Å². The molecule has 120 valence electrons. The van der Waals surface area contributed by atoms with Crippen molar-refractivity contribution in [3.8, 4) is 16.3 Å². The zero-order valence-electron chi connectivity index (χ0n) is 12.9. The summed E-state index contributed by atoms with van der Waals surface area (Å²) in [5, 5.41) is 3.11. The number of nitrogens with zero attached hydrogens (tertiary/aromatic N) is 2. The SMILES string of the molecule is COc1ccccc1-c1nc(CSc2nc3ccccc3s2)cs1. The summed E-state index contributed by atoms with van der Waals surface area (Å²) in [5.41, 5.74) is 3.18. The maximum absolute atomic E-state index is 5.43. The average Bonchev–Trinajstić information content (AvgIpc) is 3.26. The van der Waals surface area contributed by atoms with Crippen molar-refractivity contribution in [1.29, 1.82) is 0 Å². The molecule has 0 N–H and O–H groups in total. The van der Waals surface area contributed by atoms with Gasteiger partial charge in [0.1, 0.15) is 10.8 Å². The first kappa shape index (κ1) is 15.6. The van der Waals surface area contributed by atoms with Gasteiger partial charge in [0.15, 0.2) is 4.34 Å². The van der Waals surface area contributed by atoms with Crippen LogP contribution in [0.5, 0.6) is 5.75 Å². The Hall–Kier alpha value is -1.89. The number of rotatable bonds is 5. The number of ether oxygens (including phenoxy) is 1. The molecule has 6 heteroatoms. The molecule has 0 aliphatic rings. The largest absolute Gasteiger partial charge is 0.496 e. The van der Waals surface area contributed by atoms with Gasteiger partial charge in [0, 0.05) is 11.1 Å². The van der Waals surface area contributed by atoms with Gasteiger partial charge in [-0.25, -0.2) is 9.97 Å². The number of fused-ring (bicyclic) bond motifs is 1. The first-order chi connectivity index (χ1) is 11.8. The minimum atomic E-state index is 0.825. The van der Waals surface area contributed by atoms with Crippen LogP contribution in [-0.4, -0.2) is 17.1 Å². The summed E-state index contributed by atoms with van der Waals surface area (Å²) >= 11 is 5.12. The predicted molar refractivity (Wildman–Crippen MR) is 103 cm³/mol. The molecule has 2 aromatic heterocycles. The van der Waals surface area contributed by atoms with Crippen LogP contribution in [0.3, 0.4) is 0 Å². The van der Waals surface area contributed by atoms with Gasteiger partial charge in [-0.15, -0.1) is 22.7 Å². The summed E-state index contributed by atoms with van der Waals surface area (Å²) < 4.78 is 7.74. The molecule has 0 unspecified atom stereocenters. The normalized spacial score (nSPS) is 11.0. The van der Waals surface area contributed by atoms with Crippen molar-refractivity contribution < 1.29 is 4.74 Å². The van der Waals surface area contributed by atoms with Crippen LogP contribution in [0, 0.1) is 0 Å². The smallest absolute Gasteiger partial charge is 0.151 e. The summed E-state index contributed by atoms with van der Waals surface area (Å²) in [6.45, 7) is 0. The van der Waals surface area contributed by atoms with Crippen molar-refractivity contribution in [2.45, 2.75) is 10.1 Å². The molecule has 0 saturated heterocycles. The van der Waals surface area contributed by atoms with Gasteiger partial charge in [0.25, 0.3) is 0 Å². The number of benzene rings is 2. The molecule has 0 saturated carbocycles. The molecular weight excluding hydrogens is 356 g/mol. The van der Waals surface area contributed by atoms with Crippen LogP contribution >= 0.6 is 34.4 Å². The van der Waals surface area contributed by atoms with E-state index in [9.17, 15) is 0 Å². The van der Waals surface area contributed by atoms with Crippen LogP contribution in [-0.2, 0) is 5.75 Å². The van der Waals surface area contributed by atoms with E-state index in [0.29, 0.717) is 0 Å². The van der Waals surface area contributed by atoms with Crippen molar-refractivity contribution in [1.82, 2.24) is 9.97 Å². The third-order valence-electron chi connectivity index (χ3n) is 3.51. The Balaban J connectivity index is 1.51. The van der Waals surface area contributed by atoms with Crippen molar-refractivity contribution in [2.24, 2.45) is 0 Å². The van der Waals surface area contributed by atoms with E-state index in [-0.39, 0.29) is 0 Å². The molecule has 4 aromatic rings. The third kappa shape index (κ3) is 3.17. The highest BCUT2D eigenvalue weighted by molar-refractivity contribution is 8.00. The molecule has 2 heterocycles. The number of thioether (sulfide) groups is 1. The van der Waals surface area contributed by atoms with E-state index >= 15 is 0 Å². The highest BCUT2D eigenvalue weighted by atomic mass is 32.2. The molecule has 0 fully saturated rings. The van der Waals surface area contributed by atoms with Crippen LogP contribution in [0.1, 0.15) is 5.69 Å². The Kier molecular flexibility index (Phi) is 4.51. The molecule has 4 rings (SSSR count). The van der Waals surface area contributed by atoms with Gasteiger partial charge in [-0.2, -0.15) is 0 Å². The minimum Gasteiger partial charge on any atom is -0.496 e. The number of para-hydroxylation sites is 2. The van der Waals surface area contributed by atoms with E-state index in [1.54, 1.807) is 41.5 Å². The van der Waals surface area contributed by atoms with E-state index < -0.39 is 0 Å². The summed E-state index contributed by atoms with van der Waals surface area (Å²) in [5.74, 6) is 1.68. The lowest BCUT2D eigenvalue weighted by Crippen LogP contribution is -1.87. The van der Waals surface area contributed by atoms with Gasteiger partial charge in [0.2, 0.25) is 0 Å². The Morgan fingerprint density at radius 2 is 1.88 bits per heavy atom.